The Kier molecular flexibility index (Phi) is 3.39. The molecule has 0 saturated heterocycles. The lowest BCUT2D eigenvalue weighted by atomic mass is 10.1. The molecule has 0 aliphatic heterocycles. The van der Waals surface area contributed by atoms with Gasteiger partial charge in [0.25, 0.3) is 0 Å². The number of benzene rings is 1. The van der Waals surface area contributed by atoms with Crippen LogP contribution in [0, 0.1) is 0 Å². The van der Waals surface area contributed by atoms with Crippen LogP contribution in [0.3, 0.4) is 0 Å². The van der Waals surface area contributed by atoms with Crippen LogP contribution in [0.1, 0.15) is 20.8 Å². The predicted molar refractivity (Wildman–Crippen MR) is 67.1 cm³/mol. The second kappa shape index (κ2) is 4.97. The van der Waals surface area contributed by atoms with Gasteiger partial charge in [0.15, 0.2) is 5.13 Å². The van der Waals surface area contributed by atoms with Gasteiger partial charge in [-0.25, -0.2) is 9.78 Å². The van der Waals surface area contributed by atoms with E-state index >= 15 is 0 Å². The summed E-state index contributed by atoms with van der Waals surface area (Å²) in [5.74, 6) is -0.323. The third-order valence-corrected chi connectivity index (χ3v) is 3.12. The topological polar surface area (TPSA) is 65.2 Å². The first-order chi connectivity index (χ1) is 8.19. The van der Waals surface area contributed by atoms with Crippen molar-refractivity contribution in [2.75, 3.05) is 12.8 Å². The highest BCUT2D eigenvalue weighted by molar-refractivity contribution is 7.15. The summed E-state index contributed by atoms with van der Waals surface area (Å²) < 4.78 is 4.68. The van der Waals surface area contributed by atoms with Crippen molar-refractivity contribution in [2.24, 2.45) is 0 Å². The maximum atomic E-state index is 11.4. The van der Waals surface area contributed by atoms with Gasteiger partial charge in [-0.05, 0) is 17.7 Å². The van der Waals surface area contributed by atoms with Crippen LogP contribution in [-0.2, 0) is 11.2 Å². The van der Waals surface area contributed by atoms with Crippen LogP contribution in [0.4, 0.5) is 5.13 Å². The molecule has 0 spiro atoms. The van der Waals surface area contributed by atoms with Crippen molar-refractivity contribution >= 4 is 22.4 Å². The zero-order chi connectivity index (χ0) is 12.3. The van der Waals surface area contributed by atoms with Crippen LogP contribution < -0.4 is 5.73 Å². The summed E-state index contributed by atoms with van der Waals surface area (Å²) in [4.78, 5) is 16.4. The second-order valence-electron chi connectivity index (χ2n) is 3.53. The van der Waals surface area contributed by atoms with Crippen LogP contribution in [0.25, 0.3) is 0 Å². The summed E-state index contributed by atoms with van der Waals surface area (Å²) in [6.45, 7) is 0. The Hall–Kier alpha value is -1.88. The Morgan fingerprint density at radius 3 is 3.00 bits per heavy atom. The van der Waals surface area contributed by atoms with Crippen molar-refractivity contribution in [1.29, 1.82) is 0 Å². The first-order valence-corrected chi connectivity index (χ1v) is 5.88. The molecule has 17 heavy (non-hydrogen) atoms. The second-order valence-corrected chi connectivity index (χ2v) is 4.68. The monoisotopic (exact) mass is 248 g/mol. The normalized spacial score (nSPS) is 10.2. The molecule has 1 aromatic heterocycles. The van der Waals surface area contributed by atoms with E-state index in [1.807, 2.05) is 18.2 Å². The van der Waals surface area contributed by atoms with E-state index < -0.39 is 0 Å². The van der Waals surface area contributed by atoms with E-state index in [2.05, 4.69) is 9.72 Å². The Balaban J connectivity index is 2.19. The molecule has 0 fully saturated rings. The summed E-state index contributed by atoms with van der Waals surface area (Å²) in [5.41, 5.74) is 7.16. The van der Waals surface area contributed by atoms with E-state index in [1.165, 1.54) is 18.4 Å². The molecule has 0 saturated carbocycles. The lowest BCUT2D eigenvalue weighted by Crippen LogP contribution is -2.01. The van der Waals surface area contributed by atoms with Crippen LogP contribution in [0.2, 0.25) is 0 Å². The molecule has 0 radical (unpaired) electrons. The zero-order valence-corrected chi connectivity index (χ0v) is 10.2. The first-order valence-electron chi connectivity index (χ1n) is 5.06. The minimum Gasteiger partial charge on any atom is -0.465 e. The summed E-state index contributed by atoms with van der Waals surface area (Å²) in [5, 5.41) is 0.559. The van der Waals surface area contributed by atoms with E-state index in [0.717, 1.165) is 16.9 Å². The van der Waals surface area contributed by atoms with E-state index in [4.69, 9.17) is 5.73 Å². The standard InChI is InChI=1S/C12H12N2O2S/c1-16-11(15)9-4-2-3-8(5-9)6-10-7-14-12(13)17-10/h2-5,7H,6H2,1H3,(H2,13,14). The number of ether oxygens (including phenoxy) is 1. The maximum absolute atomic E-state index is 11.4. The molecule has 0 atom stereocenters. The number of carbonyl (C=O) groups is 1. The van der Waals surface area contributed by atoms with Crippen LogP contribution in [-0.4, -0.2) is 18.1 Å². The molecule has 2 rings (SSSR count). The minimum absolute atomic E-state index is 0.323. The SMILES string of the molecule is COC(=O)c1cccc(Cc2cnc(N)s2)c1. The lowest BCUT2D eigenvalue weighted by molar-refractivity contribution is 0.0600. The van der Waals surface area contributed by atoms with Crippen molar-refractivity contribution in [2.45, 2.75) is 6.42 Å². The molecule has 2 aromatic rings. The molecule has 5 heteroatoms. The van der Waals surface area contributed by atoms with Gasteiger partial charge in [0.05, 0.1) is 12.7 Å². The number of hydrogen-bond acceptors (Lipinski definition) is 5. The average Bonchev–Trinajstić information content (AvgIpc) is 2.74. The van der Waals surface area contributed by atoms with E-state index in [-0.39, 0.29) is 5.97 Å². The zero-order valence-electron chi connectivity index (χ0n) is 9.34. The number of nitrogens with zero attached hydrogens (tertiary/aromatic N) is 1. The van der Waals surface area contributed by atoms with Crippen molar-refractivity contribution in [1.82, 2.24) is 4.98 Å². The van der Waals surface area contributed by atoms with Crippen LogP contribution in [0.15, 0.2) is 30.5 Å². The van der Waals surface area contributed by atoms with Crippen molar-refractivity contribution in [3.8, 4) is 0 Å². The number of methoxy groups -OCH3 is 1. The molecule has 0 amide bonds. The molecule has 0 bridgehead atoms. The third kappa shape index (κ3) is 2.82. The number of hydrogen-bond donors (Lipinski definition) is 1. The summed E-state index contributed by atoms with van der Waals surface area (Å²) >= 11 is 1.45. The minimum atomic E-state index is -0.323. The molecule has 1 aromatic carbocycles. The van der Waals surface area contributed by atoms with E-state index in [1.54, 1.807) is 12.3 Å². The number of rotatable bonds is 3. The Morgan fingerprint density at radius 2 is 2.35 bits per heavy atom. The largest absolute Gasteiger partial charge is 0.465 e. The fourth-order valence-corrected chi connectivity index (χ4v) is 2.25. The highest BCUT2D eigenvalue weighted by Gasteiger charge is 2.07. The van der Waals surface area contributed by atoms with Gasteiger partial charge in [-0.15, -0.1) is 11.3 Å². The quantitative estimate of drug-likeness (QED) is 0.845. The molecule has 0 aliphatic carbocycles. The van der Waals surface area contributed by atoms with Gasteiger partial charge < -0.3 is 10.5 Å². The lowest BCUT2D eigenvalue weighted by Gasteiger charge is -2.02. The number of thiazole rings is 1. The number of anilines is 1. The molecule has 88 valence electrons. The van der Waals surface area contributed by atoms with E-state index in [0.29, 0.717) is 10.7 Å². The summed E-state index contributed by atoms with van der Waals surface area (Å²) in [6.07, 6.45) is 2.48. The van der Waals surface area contributed by atoms with Crippen molar-refractivity contribution < 1.29 is 9.53 Å². The smallest absolute Gasteiger partial charge is 0.337 e. The van der Waals surface area contributed by atoms with Crippen LogP contribution >= 0.6 is 11.3 Å². The van der Waals surface area contributed by atoms with Gasteiger partial charge in [-0.1, -0.05) is 12.1 Å². The molecular formula is C12H12N2O2S. The fraction of sp³-hybridized carbons (Fsp3) is 0.167. The average molecular weight is 248 g/mol. The molecule has 2 N–H and O–H groups in total. The number of nitrogens with two attached hydrogens (primary N) is 1. The van der Waals surface area contributed by atoms with Gasteiger partial charge in [0, 0.05) is 17.5 Å². The predicted octanol–water partition coefficient (Wildman–Crippen LogP) is 2.10. The molecule has 4 nitrogen and oxygen atoms in total. The highest BCUT2D eigenvalue weighted by atomic mass is 32.1. The number of nitrogen functional groups attached to an aromatic ring is 1. The van der Waals surface area contributed by atoms with Crippen molar-refractivity contribution in [3.63, 3.8) is 0 Å². The fourth-order valence-electron chi connectivity index (χ4n) is 1.53. The Morgan fingerprint density at radius 1 is 1.53 bits per heavy atom. The van der Waals surface area contributed by atoms with Gasteiger partial charge in [-0.3, -0.25) is 0 Å². The number of aromatic nitrogens is 1. The summed E-state index contributed by atoms with van der Waals surface area (Å²) in [6, 6.07) is 7.35. The summed E-state index contributed by atoms with van der Waals surface area (Å²) in [7, 11) is 1.37. The molecular weight excluding hydrogens is 236 g/mol. The van der Waals surface area contributed by atoms with Crippen LogP contribution in [0.5, 0.6) is 0 Å². The third-order valence-electron chi connectivity index (χ3n) is 2.30. The van der Waals surface area contributed by atoms with Crippen molar-refractivity contribution in [3.05, 3.63) is 46.5 Å². The number of carbonyl (C=O) groups excluding carboxylic acids is 1. The van der Waals surface area contributed by atoms with Gasteiger partial charge in [0.2, 0.25) is 0 Å². The Labute approximate surface area is 103 Å². The molecule has 1 heterocycles. The Bertz CT molecular complexity index is 537. The van der Waals surface area contributed by atoms with Gasteiger partial charge >= 0.3 is 5.97 Å². The maximum Gasteiger partial charge on any atom is 0.337 e. The molecule has 0 aliphatic rings. The van der Waals surface area contributed by atoms with E-state index in [9.17, 15) is 4.79 Å². The number of esters is 1. The van der Waals surface area contributed by atoms with Gasteiger partial charge in [-0.2, -0.15) is 0 Å². The van der Waals surface area contributed by atoms with Gasteiger partial charge in [0.1, 0.15) is 0 Å². The first kappa shape index (κ1) is 11.6. The highest BCUT2D eigenvalue weighted by Crippen LogP contribution is 2.19. The molecule has 0 unspecified atom stereocenters.